The molecule has 82 valence electrons. The standard InChI is InChI=1S/C12H24N2/c1-2-8-14-11(9-13)7-6-10-4-3-5-12(10)14/h10-12H,2-9,13H2,1H3. The fourth-order valence-corrected chi connectivity index (χ4v) is 3.49. The largest absolute Gasteiger partial charge is 0.329 e. The third-order valence-electron chi connectivity index (χ3n) is 4.14. The molecule has 2 heteroatoms. The fraction of sp³-hybridized carbons (Fsp3) is 1.00. The first-order valence-electron chi connectivity index (χ1n) is 6.32. The van der Waals surface area contributed by atoms with E-state index in [-0.39, 0.29) is 0 Å². The molecule has 0 bridgehead atoms. The maximum atomic E-state index is 5.87. The Bertz CT molecular complexity index is 181. The number of hydrogen-bond donors (Lipinski definition) is 1. The van der Waals surface area contributed by atoms with Crippen molar-refractivity contribution in [2.75, 3.05) is 13.1 Å². The summed E-state index contributed by atoms with van der Waals surface area (Å²) in [5.74, 6) is 1.00. The highest BCUT2D eigenvalue weighted by Crippen LogP contribution is 2.38. The van der Waals surface area contributed by atoms with Crippen LogP contribution in [-0.4, -0.2) is 30.1 Å². The van der Waals surface area contributed by atoms with Gasteiger partial charge in [0.25, 0.3) is 0 Å². The van der Waals surface area contributed by atoms with Gasteiger partial charge in [-0.1, -0.05) is 13.3 Å². The van der Waals surface area contributed by atoms with Crippen molar-refractivity contribution in [3.63, 3.8) is 0 Å². The molecular formula is C12H24N2. The van der Waals surface area contributed by atoms with E-state index in [0.29, 0.717) is 6.04 Å². The molecule has 0 aromatic carbocycles. The third-order valence-corrected chi connectivity index (χ3v) is 4.14. The van der Waals surface area contributed by atoms with E-state index in [0.717, 1.165) is 18.5 Å². The Morgan fingerprint density at radius 3 is 2.79 bits per heavy atom. The summed E-state index contributed by atoms with van der Waals surface area (Å²) in [4.78, 5) is 2.72. The zero-order valence-corrected chi connectivity index (χ0v) is 9.41. The zero-order valence-electron chi connectivity index (χ0n) is 9.41. The zero-order chi connectivity index (χ0) is 9.97. The van der Waals surface area contributed by atoms with E-state index in [1.807, 2.05) is 0 Å². The van der Waals surface area contributed by atoms with E-state index >= 15 is 0 Å². The maximum absolute atomic E-state index is 5.87. The number of hydrogen-bond acceptors (Lipinski definition) is 2. The number of fused-ring (bicyclic) bond motifs is 1. The first-order valence-corrected chi connectivity index (χ1v) is 6.32. The van der Waals surface area contributed by atoms with Gasteiger partial charge in [0.05, 0.1) is 0 Å². The van der Waals surface area contributed by atoms with E-state index in [2.05, 4.69) is 11.8 Å². The van der Waals surface area contributed by atoms with Crippen LogP contribution in [0.2, 0.25) is 0 Å². The van der Waals surface area contributed by atoms with E-state index in [1.165, 1.54) is 45.1 Å². The monoisotopic (exact) mass is 196 g/mol. The number of nitrogens with two attached hydrogens (primary N) is 1. The van der Waals surface area contributed by atoms with Gasteiger partial charge in [0.15, 0.2) is 0 Å². The normalized spacial score (nSPS) is 38.6. The summed E-state index contributed by atoms with van der Waals surface area (Å²) in [6.45, 7) is 4.42. The summed E-state index contributed by atoms with van der Waals surface area (Å²) in [6.07, 6.45) is 8.42. The van der Waals surface area contributed by atoms with Gasteiger partial charge in [-0.25, -0.2) is 0 Å². The van der Waals surface area contributed by atoms with Crippen LogP contribution in [0, 0.1) is 5.92 Å². The highest BCUT2D eigenvalue weighted by atomic mass is 15.2. The molecule has 1 saturated heterocycles. The van der Waals surface area contributed by atoms with Crippen LogP contribution in [0.4, 0.5) is 0 Å². The minimum Gasteiger partial charge on any atom is -0.329 e. The lowest BCUT2D eigenvalue weighted by atomic mass is 9.87. The number of nitrogens with zero attached hydrogens (tertiary/aromatic N) is 1. The Labute approximate surface area is 87.8 Å². The van der Waals surface area contributed by atoms with E-state index in [1.54, 1.807) is 0 Å². The predicted molar refractivity (Wildman–Crippen MR) is 60.2 cm³/mol. The van der Waals surface area contributed by atoms with E-state index in [9.17, 15) is 0 Å². The number of rotatable bonds is 3. The lowest BCUT2D eigenvalue weighted by Gasteiger charge is -2.43. The predicted octanol–water partition coefficient (Wildman–Crippen LogP) is 1.99. The maximum Gasteiger partial charge on any atom is 0.0221 e. The van der Waals surface area contributed by atoms with Crippen LogP contribution < -0.4 is 5.73 Å². The van der Waals surface area contributed by atoms with Gasteiger partial charge in [0.1, 0.15) is 0 Å². The second-order valence-electron chi connectivity index (χ2n) is 4.96. The average Bonchev–Trinajstić information content (AvgIpc) is 2.67. The summed E-state index contributed by atoms with van der Waals surface area (Å²) >= 11 is 0. The lowest BCUT2D eigenvalue weighted by molar-refractivity contribution is 0.0592. The van der Waals surface area contributed by atoms with Crippen molar-refractivity contribution < 1.29 is 0 Å². The van der Waals surface area contributed by atoms with Crippen LogP contribution in [0.1, 0.15) is 45.4 Å². The molecule has 1 aliphatic heterocycles. The Morgan fingerprint density at radius 1 is 1.21 bits per heavy atom. The Hall–Kier alpha value is -0.0800. The number of likely N-dealkylation sites (tertiary alicyclic amines) is 1. The summed E-state index contributed by atoms with van der Waals surface area (Å²) in [5, 5.41) is 0. The van der Waals surface area contributed by atoms with Crippen LogP contribution in [0.25, 0.3) is 0 Å². The molecule has 1 aliphatic carbocycles. The van der Waals surface area contributed by atoms with E-state index < -0.39 is 0 Å². The van der Waals surface area contributed by atoms with Gasteiger partial charge in [0.2, 0.25) is 0 Å². The molecule has 0 spiro atoms. The van der Waals surface area contributed by atoms with Gasteiger partial charge in [-0.05, 0) is 44.6 Å². The Balaban J connectivity index is 2.03. The molecule has 0 aromatic rings. The van der Waals surface area contributed by atoms with Crippen molar-refractivity contribution in [3.8, 4) is 0 Å². The summed E-state index contributed by atoms with van der Waals surface area (Å²) in [7, 11) is 0. The van der Waals surface area contributed by atoms with Crippen molar-refractivity contribution in [2.45, 2.75) is 57.5 Å². The third kappa shape index (κ3) is 1.82. The molecule has 2 rings (SSSR count). The molecule has 2 N–H and O–H groups in total. The quantitative estimate of drug-likeness (QED) is 0.748. The molecular weight excluding hydrogens is 172 g/mol. The first-order chi connectivity index (χ1) is 6.86. The molecule has 1 heterocycles. The SMILES string of the molecule is CCCN1C(CN)CCC2CCCC21. The van der Waals surface area contributed by atoms with Crippen LogP contribution in [0.5, 0.6) is 0 Å². The molecule has 1 saturated carbocycles. The number of piperidine rings is 1. The van der Waals surface area contributed by atoms with Gasteiger partial charge in [-0.15, -0.1) is 0 Å². The average molecular weight is 196 g/mol. The molecule has 0 amide bonds. The second kappa shape index (κ2) is 4.63. The molecule has 0 aromatic heterocycles. The Kier molecular flexibility index (Phi) is 3.45. The summed E-state index contributed by atoms with van der Waals surface area (Å²) in [6, 6.07) is 1.58. The molecule has 3 unspecified atom stereocenters. The molecule has 2 aliphatic rings. The van der Waals surface area contributed by atoms with Crippen LogP contribution in [0.15, 0.2) is 0 Å². The van der Waals surface area contributed by atoms with Crippen molar-refractivity contribution in [3.05, 3.63) is 0 Å². The van der Waals surface area contributed by atoms with Crippen LogP contribution in [-0.2, 0) is 0 Å². The highest BCUT2D eigenvalue weighted by Gasteiger charge is 2.38. The van der Waals surface area contributed by atoms with Crippen molar-refractivity contribution in [2.24, 2.45) is 11.7 Å². The van der Waals surface area contributed by atoms with Crippen LogP contribution >= 0.6 is 0 Å². The van der Waals surface area contributed by atoms with E-state index in [4.69, 9.17) is 5.73 Å². The minimum atomic E-state index is 0.689. The molecule has 2 fully saturated rings. The summed E-state index contributed by atoms with van der Waals surface area (Å²) < 4.78 is 0. The fourth-order valence-electron chi connectivity index (χ4n) is 3.49. The van der Waals surface area contributed by atoms with Gasteiger partial charge in [-0.3, -0.25) is 4.90 Å². The van der Waals surface area contributed by atoms with Gasteiger partial charge < -0.3 is 5.73 Å². The van der Waals surface area contributed by atoms with Crippen molar-refractivity contribution >= 4 is 0 Å². The molecule has 0 radical (unpaired) electrons. The minimum absolute atomic E-state index is 0.689. The molecule has 2 nitrogen and oxygen atoms in total. The second-order valence-corrected chi connectivity index (χ2v) is 4.96. The van der Waals surface area contributed by atoms with Gasteiger partial charge in [0, 0.05) is 18.6 Å². The Morgan fingerprint density at radius 2 is 2.07 bits per heavy atom. The highest BCUT2D eigenvalue weighted by molar-refractivity contribution is 4.93. The summed E-state index contributed by atoms with van der Waals surface area (Å²) in [5.41, 5.74) is 5.87. The van der Waals surface area contributed by atoms with Crippen molar-refractivity contribution in [1.29, 1.82) is 0 Å². The van der Waals surface area contributed by atoms with Crippen LogP contribution in [0.3, 0.4) is 0 Å². The topological polar surface area (TPSA) is 29.3 Å². The smallest absolute Gasteiger partial charge is 0.0221 e. The first kappa shape index (κ1) is 10.4. The van der Waals surface area contributed by atoms with Gasteiger partial charge in [-0.2, -0.15) is 0 Å². The molecule has 14 heavy (non-hydrogen) atoms. The van der Waals surface area contributed by atoms with Gasteiger partial charge >= 0.3 is 0 Å². The lowest BCUT2D eigenvalue weighted by Crippen LogP contribution is -2.52. The molecule has 3 atom stereocenters. The van der Waals surface area contributed by atoms with Crippen molar-refractivity contribution in [1.82, 2.24) is 4.90 Å².